The molecule has 1 aliphatic heterocycles. The Labute approximate surface area is 279 Å². The van der Waals surface area contributed by atoms with E-state index in [0.717, 1.165) is 36.9 Å². The van der Waals surface area contributed by atoms with Gasteiger partial charge in [-0.1, -0.05) is 48.5 Å². The molecule has 0 fully saturated rings. The molecule has 2 amide bonds. The molecule has 0 saturated carbocycles. The highest BCUT2D eigenvalue weighted by molar-refractivity contribution is 7.18. The average Bonchev–Trinajstić information content (AvgIpc) is 3.71. The normalized spacial score (nSPS) is 13.0. The third-order valence-electron chi connectivity index (χ3n) is 7.85. The third kappa shape index (κ3) is 5.41. The van der Waals surface area contributed by atoms with Crippen molar-refractivity contribution in [2.75, 3.05) is 9.80 Å². The van der Waals surface area contributed by atoms with E-state index in [-0.39, 0.29) is 4.90 Å². The molecule has 0 radical (unpaired) electrons. The van der Waals surface area contributed by atoms with Gasteiger partial charge in [0.1, 0.15) is 5.69 Å². The number of hydrogen-bond donors (Lipinski definition) is 0. The van der Waals surface area contributed by atoms with Crippen LogP contribution < -0.4 is 19.5 Å². The van der Waals surface area contributed by atoms with Gasteiger partial charge in [0.25, 0.3) is 11.6 Å². The molecule has 0 unspecified atom stereocenters. The summed E-state index contributed by atoms with van der Waals surface area (Å²) in [5.74, 6) is -16.8. The zero-order valence-corrected chi connectivity index (χ0v) is 25.7. The average molecular weight is 682 g/mol. The van der Waals surface area contributed by atoms with Gasteiger partial charge in [-0.3, -0.25) is 9.59 Å². The Morgan fingerprint density at radius 1 is 0.551 bits per heavy atom. The maximum atomic E-state index is 14.4. The molecule has 0 atom stereocenters. The summed E-state index contributed by atoms with van der Waals surface area (Å²) >= 11 is 1.48. The molecule has 1 aliphatic rings. The van der Waals surface area contributed by atoms with Crippen LogP contribution in [0.25, 0.3) is 26.6 Å². The van der Waals surface area contributed by atoms with E-state index in [0.29, 0.717) is 5.56 Å². The van der Waals surface area contributed by atoms with E-state index in [9.17, 15) is 36.6 Å². The number of thiophene rings is 1. The number of para-hydroxylation sites is 2. The lowest BCUT2D eigenvalue weighted by molar-refractivity contribution is -0.581. The number of nitrogens with zero attached hydrogens (tertiary/aromatic N) is 3. The maximum absolute atomic E-state index is 14.4. The van der Waals surface area contributed by atoms with Crippen molar-refractivity contribution >= 4 is 51.6 Å². The number of rotatable bonds is 7. The van der Waals surface area contributed by atoms with Crippen molar-refractivity contribution in [1.29, 1.82) is 0 Å². The topological polar surface area (TPSA) is 67.6 Å². The van der Waals surface area contributed by atoms with Gasteiger partial charge in [0.05, 0.1) is 0 Å². The number of anilines is 4. The molecule has 12 heteroatoms. The number of pyridine rings is 1. The molecule has 49 heavy (non-hydrogen) atoms. The highest BCUT2D eigenvalue weighted by atomic mass is 32.1. The van der Waals surface area contributed by atoms with Gasteiger partial charge >= 0.3 is 5.91 Å². The second kappa shape index (κ2) is 12.5. The van der Waals surface area contributed by atoms with E-state index in [1.165, 1.54) is 23.7 Å². The molecule has 2 aromatic heterocycles. The van der Waals surface area contributed by atoms with Crippen LogP contribution >= 0.6 is 11.3 Å². The molecular formula is C37H20F5N3O3S. The second-order valence-electron chi connectivity index (χ2n) is 10.8. The van der Waals surface area contributed by atoms with E-state index in [2.05, 4.69) is 4.90 Å². The molecule has 0 N–H and O–H groups in total. The fraction of sp³-hybridized carbons (Fsp3) is 0. The van der Waals surface area contributed by atoms with Crippen LogP contribution in [0, 0.1) is 29.1 Å². The summed E-state index contributed by atoms with van der Waals surface area (Å²) in [6, 6.07) is 35.0. The van der Waals surface area contributed by atoms with Crippen molar-refractivity contribution < 1.29 is 41.2 Å². The van der Waals surface area contributed by atoms with Gasteiger partial charge < -0.3 is 10.0 Å². The Bertz CT molecular complexity index is 2210. The minimum atomic E-state index is -2.47. The second-order valence-corrected chi connectivity index (χ2v) is 11.8. The van der Waals surface area contributed by atoms with Crippen LogP contribution in [0.3, 0.4) is 0 Å². The van der Waals surface area contributed by atoms with Crippen LogP contribution in [0.4, 0.5) is 44.7 Å². The van der Waals surface area contributed by atoms with Crippen molar-refractivity contribution in [2.45, 2.75) is 0 Å². The van der Waals surface area contributed by atoms with Crippen molar-refractivity contribution in [3.05, 3.63) is 156 Å². The zero-order chi connectivity index (χ0) is 34.4. The maximum Gasteiger partial charge on any atom is 0.330 e. The number of hydrogen-bond acceptors (Lipinski definition) is 5. The highest BCUT2D eigenvalue weighted by Crippen LogP contribution is 2.39. The number of carbonyl (C=O) groups excluding carboxylic acids is 2. The fourth-order valence-corrected chi connectivity index (χ4v) is 6.50. The van der Waals surface area contributed by atoms with E-state index >= 15 is 0 Å². The first-order valence-corrected chi connectivity index (χ1v) is 15.4. The predicted octanol–water partition coefficient (Wildman–Crippen LogP) is 7.64. The van der Waals surface area contributed by atoms with Crippen LogP contribution in [0.1, 0.15) is 0 Å². The summed E-state index contributed by atoms with van der Waals surface area (Å²) in [5.41, 5.74) is 1.98. The number of carbonyl (C=O) groups is 2. The molecule has 0 aliphatic carbocycles. The van der Waals surface area contributed by atoms with Crippen LogP contribution in [0.5, 0.6) is 0 Å². The summed E-state index contributed by atoms with van der Waals surface area (Å²) in [5, 5.41) is 12.7. The Hall–Kier alpha value is -6.14. The standard InChI is InChI=1S/C37H20F5N3O3S/c38-28-29(39)31(41)33(32(42)30(28)40)45-36(47)34(35(46)37(45)48)43-19-17-22(18-20-43)27-16-15-26(49-27)21-11-13-25(14-12-21)44(23-7-3-1-4-8-23)24-9-5-2-6-10-24/h1-20H. The largest absolute Gasteiger partial charge is 0.864 e. The van der Waals surface area contributed by atoms with E-state index < -0.39 is 58.0 Å². The van der Waals surface area contributed by atoms with Crippen LogP contribution in [0.15, 0.2) is 127 Å². The summed E-state index contributed by atoms with van der Waals surface area (Å²) in [6.45, 7) is 0. The first-order valence-electron chi connectivity index (χ1n) is 14.6. The predicted molar refractivity (Wildman–Crippen MR) is 172 cm³/mol. The lowest BCUT2D eigenvalue weighted by Gasteiger charge is -2.25. The number of benzene rings is 4. The molecule has 242 valence electrons. The SMILES string of the molecule is O=C1C([O-])=C([n+]2ccc(-c3ccc(-c4ccc(N(c5ccccc5)c5ccccc5)cc4)s3)cc2)C(=O)N1c1c(F)c(F)c(F)c(F)c1F. The van der Waals surface area contributed by atoms with Crippen molar-refractivity contribution in [2.24, 2.45) is 0 Å². The lowest BCUT2D eigenvalue weighted by Crippen LogP contribution is -2.40. The van der Waals surface area contributed by atoms with Crippen molar-refractivity contribution in [1.82, 2.24) is 0 Å². The van der Waals surface area contributed by atoms with E-state index in [1.807, 2.05) is 97.1 Å². The monoisotopic (exact) mass is 681 g/mol. The molecule has 7 rings (SSSR count). The van der Waals surface area contributed by atoms with Gasteiger partial charge in [0.2, 0.25) is 5.82 Å². The molecule has 6 nitrogen and oxygen atoms in total. The number of aromatic nitrogens is 1. The van der Waals surface area contributed by atoms with Gasteiger partial charge in [-0.05, 0) is 54.1 Å². The molecule has 0 bridgehead atoms. The fourth-order valence-electron chi connectivity index (χ4n) is 5.48. The molecule has 6 aromatic rings. The Kier molecular flexibility index (Phi) is 8.01. The first-order chi connectivity index (χ1) is 23.7. The summed E-state index contributed by atoms with van der Waals surface area (Å²) in [7, 11) is 0. The minimum Gasteiger partial charge on any atom is -0.864 e. The minimum absolute atomic E-state index is 0.343. The summed E-state index contributed by atoms with van der Waals surface area (Å²) in [4.78, 5) is 29.2. The van der Waals surface area contributed by atoms with Crippen molar-refractivity contribution in [3.63, 3.8) is 0 Å². The molecular weight excluding hydrogens is 661 g/mol. The quantitative estimate of drug-likeness (QED) is 0.0572. The lowest BCUT2D eigenvalue weighted by atomic mass is 10.1. The number of halogens is 5. The van der Waals surface area contributed by atoms with Gasteiger partial charge in [-0.2, -0.15) is 4.57 Å². The molecule has 4 aromatic carbocycles. The van der Waals surface area contributed by atoms with Crippen molar-refractivity contribution in [3.8, 4) is 20.9 Å². The van der Waals surface area contributed by atoms with E-state index in [1.54, 1.807) is 12.1 Å². The van der Waals surface area contributed by atoms with Gasteiger partial charge in [-0.25, -0.2) is 26.9 Å². The first kappa shape index (κ1) is 31.5. The Morgan fingerprint density at radius 2 is 1.00 bits per heavy atom. The molecule has 0 spiro atoms. The summed E-state index contributed by atoms with van der Waals surface area (Å²) < 4.78 is 71.0. The third-order valence-corrected chi connectivity index (χ3v) is 9.03. The highest BCUT2D eigenvalue weighted by Gasteiger charge is 2.45. The van der Waals surface area contributed by atoms with Gasteiger partial charge in [0, 0.05) is 50.3 Å². The Morgan fingerprint density at radius 3 is 1.51 bits per heavy atom. The van der Waals surface area contributed by atoms with E-state index in [4.69, 9.17) is 0 Å². The smallest absolute Gasteiger partial charge is 0.330 e. The van der Waals surface area contributed by atoms with Gasteiger partial charge in [-0.15, -0.1) is 11.3 Å². The van der Waals surface area contributed by atoms with Crippen LogP contribution in [-0.4, -0.2) is 11.8 Å². The zero-order valence-electron chi connectivity index (χ0n) is 24.9. The summed E-state index contributed by atoms with van der Waals surface area (Å²) in [6.07, 6.45) is 2.57. The number of amides is 2. The molecule has 0 saturated heterocycles. The molecule has 3 heterocycles. The van der Waals surface area contributed by atoms with Gasteiger partial charge in [0.15, 0.2) is 35.7 Å². The Balaban J connectivity index is 1.13. The van der Waals surface area contributed by atoms with Crippen LogP contribution in [-0.2, 0) is 9.59 Å². The number of imide groups is 1. The van der Waals surface area contributed by atoms with Crippen LogP contribution in [0.2, 0.25) is 0 Å².